The van der Waals surface area contributed by atoms with Crippen LogP contribution in [0.4, 0.5) is 0 Å². The number of carbonyl (C=O) groups is 1. The zero-order valence-corrected chi connectivity index (χ0v) is 13.9. The zero-order valence-electron chi connectivity index (χ0n) is 13.9. The van der Waals surface area contributed by atoms with Crippen LogP contribution in [0.25, 0.3) is 0 Å². The largest absolute Gasteiger partial charge is 0.478 e. The number of nitrogens with one attached hydrogen (secondary N) is 1. The highest BCUT2D eigenvalue weighted by molar-refractivity contribution is 5.87. The van der Waals surface area contributed by atoms with E-state index in [2.05, 4.69) is 26.1 Å². The van der Waals surface area contributed by atoms with E-state index in [4.69, 9.17) is 9.84 Å². The number of carboxylic acids is 1. The van der Waals surface area contributed by atoms with Crippen LogP contribution in [0.2, 0.25) is 0 Å². The first-order chi connectivity index (χ1) is 10.5. The molecule has 2 N–H and O–H groups in total. The fraction of sp³-hybridized carbons (Fsp3) is 0.611. The minimum atomic E-state index is -0.883. The molecule has 0 heterocycles. The van der Waals surface area contributed by atoms with Gasteiger partial charge in [0.25, 0.3) is 0 Å². The maximum absolute atomic E-state index is 10.9. The second kappa shape index (κ2) is 6.80. The zero-order chi connectivity index (χ0) is 16.3. The molecule has 0 aromatic heterocycles. The van der Waals surface area contributed by atoms with Crippen LogP contribution in [0.5, 0.6) is 0 Å². The SMILES string of the molecule is CCC1(CC)C(NCc2ccc(C(=O)O)cc2)C(C)C1OC. The number of ether oxygens (including phenoxy) is 1. The summed E-state index contributed by atoms with van der Waals surface area (Å²) in [6, 6.07) is 7.52. The minimum Gasteiger partial charge on any atom is -0.478 e. The highest BCUT2D eigenvalue weighted by Crippen LogP contribution is 2.52. The first kappa shape index (κ1) is 17.0. The van der Waals surface area contributed by atoms with E-state index < -0.39 is 5.97 Å². The van der Waals surface area contributed by atoms with Crippen molar-refractivity contribution in [3.8, 4) is 0 Å². The number of aromatic carboxylic acids is 1. The van der Waals surface area contributed by atoms with E-state index in [1.807, 2.05) is 19.2 Å². The van der Waals surface area contributed by atoms with Crippen LogP contribution in [0.3, 0.4) is 0 Å². The third-order valence-corrected chi connectivity index (χ3v) is 5.49. The van der Waals surface area contributed by atoms with Gasteiger partial charge in [-0.05, 0) is 36.5 Å². The van der Waals surface area contributed by atoms with Crippen LogP contribution in [-0.4, -0.2) is 30.3 Å². The van der Waals surface area contributed by atoms with Gasteiger partial charge in [0.15, 0.2) is 0 Å². The smallest absolute Gasteiger partial charge is 0.335 e. The van der Waals surface area contributed by atoms with E-state index in [0.717, 1.165) is 24.9 Å². The van der Waals surface area contributed by atoms with Crippen LogP contribution in [0.15, 0.2) is 24.3 Å². The number of hydrogen-bond donors (Lipinski definition) is 2. The summed E-state index contributed by atoms with van der Waals surface area (Å²) in [6.45, 7) is 7.46. The van der Waals surface area contributed by atoms with Crippen molar-refractivity contribution in [3.05, 3.63) is 35.4 Å². The summed E-state index contributed by atoms with van der Waals surface area (Å²) in [5.74, 6) is -0.394. The van der Waals surface area contributed by atoms with Gasteiger partial charge in [-0.25, -0.2) is 4.79 Å². The van der Waals surface area contributed by atoms with Gasteiger partial charge in [-0.3, -0.25) is 0 Å². The molecule has 1 saturated carbocycles. The second-order valence-electron chi connectivity index (χ2n) is 6.32. The van der Waals surface area contributed by atoms with E-state index in [0.29, 0.717) is 23.6 Å². The summed E-state index contributed by atoms with van der Waals surface area (Å²) < 4.78 is 5.72. The molecule has 1 aromatic carbocycles. The molecule has 4 nitrogen and oxygen atoms in total. The van der Waals surface area contributed by atoms with E-state index in [-0.39, 0.29) is 5.41 Å². The molecule has 3 unspecified atom stereocenters. The first-order valence-corrected chi connectivity index (χ1v) is 8.08. The van der Waals surface area contributed by atoms with Crippen LogP contribution in [-0.2, 0) is 11.3 Å². The third kappa shape index (κ3) is 2.77. The van der Waals surface area contributed by atoms with Crippen LogP contribution in [0.1, 0.15) is 49.5 Å². The first-order valence-electron chi connectivity index (χ1n) is 8.08. The lowest BCUT2D eigenvalue weighted by atomic mass is 9.53. The molecular weight excluding hydrogens is 278 g/mol. The Kier molecular flexibility index (Phi) is 5.24. The maximum Gasteiger partial charge on any atom is 0.335 e. The van der Waals surface area contributed by atoms with Gasteiger partial charge >= 0.3 is 5.97 Å². The van der Waals surface area contributed by atoms with E-state index in [9.17, 15) is 4.79 Å². The third-order valence-electron chi connectivity index (χ3n) is 5.49. The molecule has 2 rings (SSSR count). The lowest BCUT2D eigenvalue weighted by molar-refractivity contribution is -0.168. The molecule has 0 aliphatic heterocycles. The average molecular weight is 305 g/mol. The van der Waals surface area contributed by atoms with Gasteiger partial charge < -0.3 is 15.2 Å². The van der Waals surface area contributed by atoms with Crippen molar-refractivity contribution in [3.63, 3.8) is 0 Å². The molecule has 0 bridgehead atoms. The second-order valence-corrected chi connectivity index (χ2v) is 6.32. The van der Waals surface area contributed by atoms with Crippen molar-refractivity contribution in [1.29, 1.82) is 0 Å². The van der Waals surface area contributed by atoms with E-state index >= 15 is 0 Å². The van der Waals surface area contributed by atoms with Crippen molar-refractivity contribution >= 4 is 5.97 Å². The van der Waals surface area contributed by atoms with Crippen molar-refractivity contribution in [1.82, 2.24) is 5.32 Å². The summed E-state index contributed by atoms with van der Waals surface area (Å²) in [5, 5.41) is 12.6. The van der Waals surface area contributed by atoms with E-state index in [1.54, 1.807) is 12.1 Å². The van der Waals surface area contributed by atoms with Gasteiger partial charge in [0.05, 0.1) is 11.7 Å². The monoisotopic (exact) mass is 305 g/mol. The molecule has 0 amide bonds. The van der Waals surface area contributed by atoms with Crippen molar-refractivity contribution in [2.75, 3.05) is 7.11 Å². The Labute approximate surface area is 132 Å². The van der Waals surface area contributed by atoms with Gasteiger partial charge in [0, 0.05) is 25.1 Å². The quantitative estimate of drug-likeness (QED) is 0.811. The number of hydrogen-bond acceptors (Lipinski definition) is 3. The molecule has 0 saturated heterocycles. The molecule has 1 fully saturated rings. The summed E-state index contributed by atoms with van der Waals surface area (Å²) in [6.07, 6.45) is 2.51. The lowest BCUT2D eigenvalue weighted by Crippen LogP contribution is -2.68. The van der Waals surface area contributed by atoms with Crippen molar-refractivity contribution in [2.45, 2.75) is 52.3 Å². The number of benzene rings is 1. The average Bonchev–Trinajstić information content (AvgIpc) is 2.53. The number of carboxylic acid groups (broad SMARTS) is 1. The van der Waals surface area contributed by atoms with Crippen LogP contribution in [0, 0.1) is 11.3 Å². The molecule has 122 valence electrons. The fourth-order valence-corrected chi connectivity index (χ4v) is 4.20. The molecule has 0 radical (unpaired) electrons. The molecule has 3 atom stereocenters. The van der Waals surface area contributed by atoms with Crippen LogP contribution >= 0.6 is 0 Å². The Morgan fingerprint density at radius 1 is 1.27 bits per heavy atom. The predicted molar refractivity (Wildman–Crippen MR) is 87.0 cm³/mol. The summed E-state index contributed by atoms with van der Waals surface area (Å²) in [7, 11) is 1.81. The predicted octanol–water partition coefficient (Wildman–Crippen LogP) is 3.31. The van der Waals surface area contributed by atoms with Gasteiger partial charge in [-0.15, -0.1) is 0 Å². The minimum absolute atomic E-state index is 0.204. The lowest BCUT2D eigenvalue weighted by Gasteiger charge is -2.60. The summed E-state index contributed by atoms with van der Waals surface area (Å²) >= 11 is 0. The Bertz CT molecular complexity index is 508. The normalized spacial score (nSPS) is 26.5. The highest BCUT2D eigenvalue weighted by Gasteiger charge is 2.57. The number of rotatable bonds is 7. The molecule has 22 heavy (non-hydrogen) atoms. The molecule has 1 aliphatic carbocycles. The Morgan fingerprint density at radius 3 is 2.32 bits per heavy atom. The molecular formula is C18H27NO3. The molecule has 4 heteroatoms. The van der Waals surface area contributed by atoms with E-state index in [1.165, 1.54) is 0 Å². The Morgan fingerprint density at radius 2 is 1.86 bits per heavy atom. The van der Waals surface area contributed by atoms with Gasteiger partial charge in [0.2, 0.25) is 0 Å². The summed E-state index contributed by atoms with van der Waals surface area (Å²) in [4.78, 5) is 10.9. The highest BCUT2D eigenvalue weighted by atomic mass is 16.5. The standard InChI is InChI=1S/C18H27NO3/c1-5-18(6-2)15(12(3)16(18)22-4)19-11-13-7-9-14(10-8-13)17(20)21/h7-10,12,15-16,19H,5-6,11H2,1-4H3,(H,20,21). The Hall–Kier alpha value is -1.39. The summed E-state index contributed by atoms with van der Waals surface area (Å²) in [5.41, 5.74) is 1.64. The maximum atomic E-state index is 10.9. The fourth-order valence-electron chi connectivity index (χ4n) is 4.20. The van der Waals surface area contributed by atoms with Crippen molar-refractivity contribution < 1.29 is 14.6 Å². The van der Waals surface area contributed by atoms with Crippen molar-refractivity contribution in [2.24, 2.45) is 11.3 Å². The molecule has 0 spiro atoms. The molecule has 1 aliphatic rings. The Balaban J connectivity index is 2.02. The van der Waals surface area contributed by atoms with Gasteiger partial charge in [0.1, 0.15) is 0 Å². The topological polar surface area (TPSA) is 58.6 Å². The molecule has 1 aromatic rings. The van der Waals surface area contributed by atoms with Crippen LogP contribution < -0.4 is 5.32 Å². The van der Waals surface area contributed by atoms with Gasteiger partial charge in [-0.1, -0.05) is 32.9 Å². The van der Waals surface area contributed by atoms with Gasteiger partial charge in [-0.2, -0.15) is 0 Å². The number of methoxy groups -OCH3 is 1.